The smallest absolute Gasteiger partial charge is 0.416 e. The number of carboxylic acid groups (broad SMARTS) is 1. The second-order valence-electron chi connectivity index (χ2n) is 8.30. The molecule has 1 N–H and O–H groups in total. The van der Waals surface area contributed by atoms with E-state index in [1.165, 1.54) is 12.1 Å². The van der Waals surface area contributed by atoms with Crippen molar-refractivity contribution < 1.29 is 23.1 Å². The summed E-state index contributed by atoms with van der Waals surface area (Å²) in [5.74, 6) is 0.259. The molecule has 14 heteroatoms. The summed E-state index contributed by atoms with van der Waals surface area (Å²) in [5, 5.41) is 20.3. The van der Waals surface area contributed by atoms with Gasteiger partial charge in [-0.2, -0.15) is 18.0 Å². The number of hydrogen-bond acceptors (Lipinski definition) is 8. The molecule has 2 fully saturated rings. The first-order valence-corrected chi connectivity index (χ1v) is 11.2. The van der Waals surface area contributed by atoms with Gasteiger partial charge in [0.2, 0.25) is 11.8 Å². The highest BCUT2D eigenvalue weighted by Crippen LogP contribution is 2.40. The van der Waals surface area contributed by atoms with E-state index in [9.17, 15) is 18.0 Å². The van der Waals surface area contributed by atoms with Crippen molar-refractivity contribution in [3.05, 3.63) is 40.6 Å². The third-order valence-corrected chi connectivity index (χ3v) is 6.68. The van der Waals surface area contributed by atoms with E-state index in [0.29, 0.717) is 47.9 Å². The number of fused-ring (bicyclic) bond motifs is 1. The highest BCUT2D eigenvalue weighted by Gasteiger charge is 2.42. The summed E-state index contributed by atoms with van der Waals surface area (Å²) in [4.78, 5) is 24.6. The molecule has 0 saturated carbocycles. The Bertz CT molecular complexity index is 1210. The monoisotopic (exact) mass is 538 g/mol. The lowest BCUT2D eigenvalue weighted by atomic mass is 10.0. The maximum atomic E-state index is 13.2. The molecule has 5 rings (SSSR count). The first-order chi connectivity index (χ1) is 16.2. The van der Waals surface area contributed by atoms with Gasteiger partial charge in [0, 0.05) is 54.9 Å². The molecular formula is C20H18BrF3N8O2. The zero-order chi connectivity index (χ0) is 24.0. The Morgan fingerprint density at radius 3 is 2.35 bits per heavy atom. The van der Waals surface area contributed by atoms with Crippen molar-refractivity contribution in [1.82, 2.24) is 30.2 Å². The summed E-state index contributed by atoms with van der Waals surface area (Å²) in [5.41, 5.74) is 0.413. The van der Waals surface area contributed by atoms with E-state index in [-0.39, 0.29) is 17.7 Å². The van der Waals surface area contributed by atoms with Crippen LogP contribution >= 0.6 is 15.9 Å². The summed E-state index contributed by atoms with van der Waals surface area (Å²) < 4.78 is 40.1. The van der Waals surface area contributed by atoms with Gasteiger partial charge in [-0.25, -0.2) is 9.97 Å². The molecule has 4 heterocycles. The summed E-state index contributed by atoms with van der Waals surface area (Å²) in [6.45, 7) is 2.30. The molecule has 2 aliphatic heterocycles. The van der Waals surface area contributed by atoms with E-state index in [2.05, 4.69) is 46.2 Å². The average Bonchev–Trinajstić information content (AvgIpc) is 3.48. The number of rotatable bonds is 5. The molecule has 1 aromatic carbocycles. The van der Waals surface area contributed by atoms with Crippen LogP contribution in [0.2, 0.25) is 0 Å². The fraction of sp³-hybridized carbons (Fsp3) is 0.400. The molecule has 10 nitrogen and oxygen atoms in total. The lowest BCUT2D eigenvalue weighted by molar-refractivity contribution is -0.138. The lowest BCUT2D eigenvalue weighted by Crippen LogP contribution is -2.30. The number of halogens is 4. The second kappa shape index (κ2) is 8.49. The van der Waals surface area contributed by atoms with Gasteiger partial charge in [-0.05, 0) is 39.3 Å². The minimum atomic E-state index is -4.38. The van der Waals surface area contributed by atoms with Crippen LogP contribution in [0.1, 0.15) is 5.56 Å². The first kappa shape index (κ1) is 22.5. The third kappa shape index (κ3) is 4.41. The van der Waals surface area contributed by atoms with Crippen molar-refractivity contribution in [2.75, 3.05) is 36.0 Å². The van der Waals surface area contributed by atoms with E-state index in [1.54, 1.807) is 12.4 Å². The van der Waals surface area contributed by atoms with E-state index >= 15 is 0 Å². The van der Waals surface area contributed by atoms with E-state index in [0.717, 1.165) is 10.9 Å². The molecule has 2 saturated heterocycles. The minimum Gasteiger partial charge on any atom is -0.480 e. The molecule has 2 atom stereocenters. The molecule has 0 spiro atoms. The molecule has 178 valence electrons. The summed E-state index contributed by atoms with van der Waals surface area (Å²) in [6.07, 6.45) is -1.26. The number of tetrazole rings is 1. The standard InChI is InChI=1S/C20H18BrF3N8O2/c21-15-2-1-14(20(22,23)24)3-16(15)30-6-12-8-31(9-13(12)7-30)19-25-4-11(5-26-19)18-27-29-32(28-18)10-17(33)34/h1-5,12-13H,6-10H2,(H,33,34). The lowest BCUT2D eigenvalue weighted by Gasteiger charge is -2.25. The average molecular weight is 539 g/mol. The SMILES string of the molecule is O=C(O)Cn1nnc(-c2cnc(N3CC4CN(c5cc(C(F)(F)F)ccc5Br)CC4C3)nc2)n1. The minimum absolute atomic E-state index is 0.230. The molecule has 0 radical (unpaired) electrons. The largest absolute Gasteiger partial charge is 0.480 e. The van der Waals surface area contributed by atoms with E-state index in [4.69, 9.17) is 5.11 Å². The Hall–Kier alpha value is -3.29. The van der Waals surface area contributed by atoms with Crippen molar-refractivity contribution in [2.24, 2.45) is 11.8 Å². The van der Waals surface area contributed by atoms with Gasteiger partial charge in [0.05, 0.1) is 16.8 Å². The fourth-order valence-electron chi connectivity index (χ4n) is 4.43. The van der Waals surface area contributed by atoms with Gasteiger partial charge in [0.15, 0.2) is 6.54 Å². The Labute approximate surface area is 199 Å². The normalized spacial score (nSPS) is 20.1. The van der Waals surface area contributed by atoms with Crippen LogP contribution in [0, 0.1) is 11.8 Å². The molecule has 0 amide bonds. The number of benzene rings is 1. The molecule has 2 unspecified atom stereocenters. The Morgan fingerprint density at radius 1 is 1.09 bits per heavy atom. The van der Waals surface area contributed by atoms with Crippen molar-refractivity contribution >= 4 is 33.5 Å². The van der Waals surface area contributed by atoms with E-state index < -0.39 is 24.3 Å². The fourth-order valence-corrected chi connectivity index (χ4v) is 4.93. The number of hydrogen-bond donors (Lipinski definition) is 1. The predicted molar refractivity (Wildman–Crippen MR) is 117 cm³/mol. The van der Waals surface area contributed by atoms with Crippen molar-refractivity contribution in [3.8, 4) is 11.4 Å². The van der Waals surface area contributed by atoms with Gasteiger partial charge in [0.1, 0.15) is 0 Å². The summed E-state index contributed by atoms with van der Waals surface area (Å²) >= 11 is 3.39. The molecule has 0 bridgehead atoms. The zero-order valence-corrected chi connectivity index (χ0v) is 19.1. The first-order valence-electron chi connectivity index (χ1n) is 10.4. The number of aliphatic carboxylic acids is 1. The van der Waals surface area contributed by atoms with Gasteiger partial charge < -0.3 is 14.9 Å². The number of aromatic nitrogens is 6. The molecule has 0 aliphatic carbocycles. The number of alkyl halides is 3. The van der Waals surface area contributed by atoms with Crippen LogP contribution in [-0.4, -0.2) is 67.4 Å². The molecule has 2 aliphatic rings. The number of carboxylic acids is 1. The van der Waals surface area contributed by atoms with Crippen LogP contribution in [0.15, 0.2) is 35.1 Å². The van der Waals surface area contributed by atoms with Crippen LogP contribution < -0.4 is 9.80 Å². The molecular weight excluding hydrogens is 521 g/mol. The van der Waals surface area contributed by atoms with Gasteiger partial charge in [-0.15, -0.1) is 10.2 Å². The molecule has 3 aromatic rings. The molecule has 34 heavy (non-hydrogen) atoms. The third-order valence-electron chi connectivity index (χ3n) is 6.01. The number of anilines is 2. The maximum Gasteiger partial charge on any atom is 0.416 e. The number of carbonyl (C=O) groups is 1. The van der Waals surface area contributed by atoms with Gasteiger partial charge in [-0.3, -0.25) is 4.79 Å². The highest BCUT2D eigenvalue weighted by molar-refractivity contribution is 9.10. The highest BCUT2D eigenvalue weighted by atomic mass is 79.9. The Kier molecular flexibility index (Phi) is 5.62. The van der Waals surface area contributed by atoms with Gasteiger partial charge in [-0.1, -0.05) is 0 Å². The van der Waals surface area contributed by atoms with Crippen molar-refractivity contribution in [1.29, 1.82) is 0 Å². The molecule has 2 aromatic heterocycles. The quantitative estimate of drug-likeness (QED) is 0.523. The van der Waals surface area contributed by atoms with E-state index in [1.807, 2.05) is 4.90 Å². The predicted octanol–water partition coefficient (Wildman–Crippen LogP) is 2.57. The van der Waals surface area contributed by atoms with Gasteiger partial charge >= 0.3 is 12.1 Å². The van der Waals surface area contributed by atoms with Crippen LogP contribution in [0.25, 0.3) is 11.4 Å². The van der Waals surface area contributed by atoms with Crippen LogP contribution in [0.3, 0.4) is 0 Å². The number of nitrogens with zero attached hydrogens (tertiary/aromatic N) is 8. The van der Waals surface area contributed by atoms with Gasteiger partial charge in [0.25, 0.3) is 0 Å². The maximum absolute atomic E-state index is 13.2. The van der Waals surface area contributed by atoms with Crippen molar-refractivity contribution in [3.63, 3.8) is 0 Å². The summed E-state index contributed by atoms with van der Waals surface area (Å²) in [7, 11) is 0. The Morgan fingerprint density at radius 2 is 1.74 bits per heavy atom. The van der Waals surface area contributed by atoms with Crippen LogP contribution in [-0.2, 0) is 17.5 Å². The van der Waals surface area contributed by atoms with Crippen LogP contribution in [0.5, 0.6) is 0 Å². The van der Waals surface area contributed by atoms with Crippen LogP contribution in [0.4, 0.5) is 24.8 Å². The zero-order valence-electron chi connectivity index (χ0n) is 17.5. The summed E-state index contributed by atoms with van der Waals surface area (Å²) in [6, 6.07) is 3.73. The topological polar surface area (TPSA) is 113 Å². The van der Waals surface area contributed by atoms with Crippen molar-refractivity contribution in [2.45, 2.75) is 12.7 Å². The second-order valence-corrected chi connectivity index (χ2v) is 9.16. The Balaban J connectivity index is 1.24.